The summed E-state index contributed by atoms with van der Waals surface area (Å²) < 4.78 is 5.56. The Morgan fingerprint density at radius 1 is 1.25 bits per heavy atom. The molecular weight excluding hydrogens is 272 g/mol. The second-order valence-corrected chi connectivity index (χ2v) is 5.35. The van der Waals surface area contributed by atoms with E-state index in [1.165, 1.54) is 0 Å². The molecule has 5 heteroatoms. The minimum atomic E-state index is -0.0879. The number of nitrogens with one attached hydrogen (secondary N) is 1. The second-order valence-electron chi connectivity index (χ2n) is 4.32. The van der Waals surface area contributed by atoms with Gasteiger partial charge < -0.3 is 15.0 Å². The van der Waals surface area contributed by atoms with Crippen molar-refractivity contribution in [1.82, 2.24) is 10.2 Å². The van der Waals surface area contributed by atoms with E-state index >= 15 is 0 Å². The van der Waals surface area contributed by atoms with Gasteiger partial charge in [0.2, 0.25) is 0 Å². The van der Waals surface area contributed by atoms with Crippen LogP contribution in [0, 0.1) is 0 Å². The molecule has 0 aliphatic carbocycles. The summed E-state index contributed by atoms with van der Waals surface area (Å²) in [4.78, 5) is 14.6. The number of hydrogen-bond acceptors (Lipinski definition) is 3. The smallest absolute Gasteiger partial charge is 0.317 e. The topological polar surface area (TPSA) is 41.6 Å². The van der Waals surface area contributed by atoms with Crippen LogP contribution in [0.25, 0.3) is 0 Å². The molecule has 0 fully saturated rings. The van der Waals surface area contributed by atoms with Crippen molar-refractivity contribution in [3.63, 3.8) is 0 Å². The predicted octanol–water partition coefficient (Wildman–Crippen LogP) is 2.97. The zero-order valence-corrected chi connectivity index (χ0v) is 12.2. The molecule has 0 aliphatic heterocycles. The SMILES string of the molecule is CN(CCOc1ccccc1)C(=O)NCc1cccs1. The standard InChI is InChI=1S/C15H18N2O2S/c1-17(9-10-19-13-6-3-2-4-7-13)15(18)16-12-14-8-5-11-20-14/h2-8,11H,9-10,12H2,1H3,(H,16,18). The highest BCUT2D eigenvalue weighted by molar-refractivity contribution is 7.09. The molecule has 106 valence electrons. The lowest BCUT2D eigenvalue weighted by atomic mass is 10.3. The summed E-state index contributed by atoms with van der Waals surface area (Å²) in [6.45, 7) is 1.60. The quantitative estimate of drug-likeness (QED) is 0.888. The normalized spacial score (nSPS) is 10.1. The number of thiophene rings is 1. The number of urea groups is 1. The van der Waals surface area contributed by atoms with Gasteiger partial charge in [0.15, 0.2) is 0 Å². The van der Waals surface area contributed by atoms with Crippen molar-refractivity contribution >= 4 is 17.4 Å². The van der Waals surface area contributed by atoms with Gasteiger partial charge in [-0.3, -0.25) is 0 Å². The van der Waals surface area contributed by atoms with Gasteiger partial charge in [-0.25, -0.2) is 4.79 Å². The van der Waals surface area contributed by atoms with Crippen molar-refractivity contribution in [2.75, 3.05) is 20.2 Å². The Morgan fingerprint density at radius 2 is 2.05 bits per heavy atom. The number of carbonyl (C=O) groups is 1. The highest BCUT2D eigenvalue weighted by Crippen LogP contribution is 2.08. The number of nitrogens with zero attached hydrogens (tertiary/aromatic N) is 1. The summed E-state index contributed by atoms with van der Waals surface area (Å²) >= 11 is 1.63. The third kappa shape index (κ3) is 4.59. The number of rotatable bonds is 6. The number of hydrogen-bond donors (Lipinski definition) is 1. The maximum absolute atomic E-state index is 11.8. The van der Waals surface area contributed by atoms with E-state index in [1.54, 1.807) is 23.3 Å². The third-order valence-corrected chi connectivity index (χ3v) is 3.66. The molecule has 0 atom stereocenters. The van der Waals surface area contributed by atoms with Gasteiger partial charge in [-0.05, 0) is 23.6 Å². The lowest BCUT2D eigenvalue weighted by Gasteiger charge is -2.18. The molecule has 2 amide bonds. The van der Waals surface area contributed by atoms with Crippen LogP contribution in [0.4, 0.5) is 4.79 Å². The maximum atomic E-state index is 11.8. The lowest BCUT2D eigenvalue weighted by molar-refractivity contribution is 0.195. The Bertz CT molecular complexity index is 514. The number of para-hydroxylation sites is 1. The minimum absolute atomic E-state index is 0.0879. The Balaban J connectivity index is 1.66. The molecular formula is C15H18N2O2S. The molecule has 1 heterocycles. The van der Waals surface area contributed by atoms with Crippen LogP contribution in [0.2, 0.25) is 0 Å². The zero-order chi connectivity index (χ0) is 14.2. The number of likely N-dealkylation sites (N-methyl/N-ethyl adjacent to an activating group) is 1. The van der Waals surface area contributed by atoms with Gasteiger partial charge >= 0.3 is 6.03 Å². The lowest BCUT2D eigenvalue weighted by Crippen LogP contribution is -2.38. The van der Waals surface area contributed by atoms with E-state index in [4.69, 9.17) is 4.74 Å². The van der Waals surface area contributed by atoms with E-state index in [0.717, 1.165) is 10.6 Å². The van der Waals surface area contributed by atoms with Crippen molar-refractivity contribution in [3.05, 3.63) is 52.7 Å². The van der Waals surface area contributed by atoms with Crippen LogP contribution < -0.4 is 10.1 Å². The van der Waals surface area contributed by atoms with Crippen LogP contribution in [-0.2, 0) is 6.54 Å². The highest BCUT2D eigenvalue weighted by atomic mass is 32.1. The first-order chi connectivity index (χ1) is 9.75. The van der Waals surface area contributed by atoms with Gasteiger partial charge in [-0.2, -0.15) is 0 Å². The summed E-state index contributed by atoms with van der Waals surface area (Å²) in [5, 5.41) is 4.87. The average Bonchev–Trinajstić information content (AvgIpc) is 2.99. The van der Waals surface area contributed by atoms with E-state index in [-0.39, 0.29) is 6.03 Å². The molecule has 2 aromatic rings. The van der Waals surface area contributed by atoms with Gasteiger partial charge in [-0.15, -0.1) is 11.3 Å². The van der Waals surface area contributed by atoms with Gasteiger partial charge in [0.1, 0.15) is 12.4 Å². The van der Waals surface area contributed by atoms with Crippen molar-refractivity contribution in [3.8, 4) is 5.75 Å². The maximum Gasteiger partial charge on any atom is 0.317 e. The monoisotopic (exact) mass is 290 g/mol. The average molecular weight is 290 g/mol. The second kappa shape index (κ2) is 7.55. The van der Waals surface area contributed by atoms with Crippen LogP contribution >= 0.6 is 11.3 Å². The summed E-state index contributed by atoms with van der Waals surface area (Å²) in [7, 11) is 1.76. The van der Waals surface area contributed by atoms with E-state index in [9.17, 15) is 4.79 Å². The minimum Gasteiger partial charge on any atom is -0.492 e. The molecule has 0 spiro atoms. The Labute approximate surface area is 123 Å². The predicted molar refractivity (Wildman–Crippen MR) is 81.1 cm³/mol. The first-order valence-electron chi connectivity index (χ1n) is 6.45. The Hall–Kier alpha value is -2.01. The van der Waals surface area contributed by atoms with Crippen LogP contribution in [0.1, 0.15) is 4.88 Å². The largest absolute Gasteiger partial charge is 0.492 e. The fraction of sp³-hybridized carbons (Fsp3) is 0.267. The molecule has 0 bridgehead atoms. The first-order valence-corrected chi connectivity index (χ1v) is 7.33. The first kappa shape index (κ1) is 14.4. The number of ether oxygens (including phenoxy) is 1. The summed E-state index contributed by atoms with van der Waals surface area (Å²) in [5.41, 5.74) is 0. The molecule has 0 saturated carbocycles. The molecule has 20 heavy (non-hydrogen) atoms. The molecule has 0 saturated heterocycles. The van der Waals surface area contributed by atoms with Gasteiger partial charge in [-0.1, -0.05) is 24.3 Å². The van der Waals surface area contributed by atoms with Gasteiger partial charge in [0, 0.05) is 11.9 Å². The van der Waals surface area contributed by atoms with Crippen LogP contribution in [0.5, 0.6) is 5.75 Å². The third-order valence-electron chi connectivity index (χ3n) is 2.78. The van der Waals surface area contributed by atoms with Crippen LogP contribution in [-0.4, -0.2) is 31.1 Å². The molecule has 0 radical (unpaired) electrons. The van der Waals surface area contributed by atoms with Crippen molar-refractivity contribution in [1.29, 1.82) is 0 Å². The van der Waals surface area contributed by atoms with E-state index in [2.05, 4.69) is 5.32 Å². The van der Waals surface area contributed by atoms with Crippen molar-refractivity contribution < 1.29 is 9.53 Å². The van der Waals surface area contributed by atoms with Crippen molar-refractivity contribution in [2.45, 2.75) is 6.54 Å². The van der Waals surface area contributed by atoms with E-state index in [0.29, 0.717) is 19.7 Å². The van der Waals surface area contributed by atoms with E-state index < -0.39 is 0 Å². The zero-order valence-electron chi connectivity index (χ0n) is 11.4. The summed E-state index contributed by atoms with van der Waals surface area (Å²) in [6.07, 6.45) is 0. The molecule has 0 unspecified atom stereocenters. The van der Waals surface area contributed by atoms with Crippen molar-refractivity contribution in [2.24, 2.45) is 0 Å². The number of carbonyl (C=O) groups excluding carboxylic acids is 1. The molecule has 4 nitrogen and oxygen atoms in total. The molecule has 1 N–H and O–H groups in total. The van der Waals surface area contributed by atoms with Crippen LogP contribution in [0.3, 0.4) is 0 Å². The Kier molecular flexibility index (Phi) is 5.43. The summed E-state index contributed by atoms with van der Waals surface area (Å²) in [5.74, 6) is 0.819. The van der Waals surface area contributed by atoms with E-state index in [1.807, 2.05) is 47.8 Å². The number of amides is 2. The Morgan fingerprint density at radius 3 is 2.75 bits per heavy atom. The van der Waals surface area contributed by atoms with Gasteiger partial charge in [0.05, 0.1) is 13.1 Å². The molecule has 1 aromatic carbocycles. The van der Waals surface area contributed by atoms with Gasteiger partial charge in [0.25, 0.3) is 0 Å². The highest BCUT2D eigenvalue weighted by Gasteiger charge is 2.08. The number of benzene rings is 1. The molecule has 2 rings (SSSR count). The molecule has 0 aliphatic rings. The van der Waals surface area contributed by atoms with Crippen LogP contribution in [0.15, 0.2) is 47.8 Å². The summed E-state index contributed by atoms with van der Waals surface area (Å²) in [6, 6.07) is 13.5. The fourth-order valence-electron chi connectivity index (χ4n) is 1.63. The molecule has 1 aromatic heterocycles. The fourth-order valence-corrected chi connectivity index (χ4v) is 2.27.